The maximum Gasteiger partial charge on any atom is 0.253 e. The van der Waals surface area contributed by atoms with E-state index in [0.717, 1.165) is 5.82 Å². The number of piperidine rings is 1. The first-order chi connectivity index (χ1) is 13.6. The zero-order valence-electron chi connectivity index (χ0n) is 16.2. The lowest BCUT2D eigenvalue weighted by molar-refractivity contribution is -0.175. The Labute approximate surface area is 163 Å². The number of hydrogen-bond donors (Lipinski definition) is 0. The molecule has 0 unspecified atom stereocenters. The third kappa shape index (κ3) is 3.23. The van der Waals surface area contributed by atoms with E-state index in [4.69, 9.17) is 4.74 Å². The van der Waals surface area contributed by atoms with Crippen LogP contribution in [0.25, 0.3) is 0 Å². The van der Waals surface area contributed by atoms with Crippen LogP contribution < -0.4 is 4.90 Å². The van der Waals surface area contributed by atoms with Crippen LogP contribution in [0.1, 0.15) is 32.5 Å². The van der Waals surface area contributed by atoms with Crippen molar-refractivity contribution in [2.75, 3.05) is 31.1 Å². The van der Waals surface area contributed by atoms with Crippen LogP contribution in [0.4, 0.5) is 10.3 Å². The van der Waals surface area contributed by atoms with Gasteiger partial charge in [0.15, 0.2) is 11.9 Å². The molecule has 2 aliphatic rings. The fourth-order valence-electron chi connectivity index (χ4n) is 4.14. The Morgan fingerprint density at radius 2 is 1.93 bits per heavy atom. The molecule has 1 amide bonds. The molecule has 0 aliphatic carbocycles. The topological polar surface area (TPSA) is 76.4 Å². The van der Waals surface area contributed by atoms with E-state index in [2.05, 4.69) is 15.0 Å². The molecule has 0 radical (unpaired) electrons. The third-order valence-electron chi connectivity index (χ3n) is 5.66. The van der Waals surface area contributed by atoms with Crippen molar-refractivity contribution in [3.63, 3.8) is 0 Å². The summed E-state index contributed by atoms with van der Waals surface area (Å²) in [5.74, 6) is 0.947. The van der Waals surface area contributed by atoms with Gasteiger partial charge in [-0.3, -0.25) is 4.79 Å². The van der Waals surface area contributed by atoms with Gasteiger partial charge in [0.25, 0.3) is 5.91 Å². The second-order valence-electron chi connectivity index (χ2n) is 7.20. The molecule has 1 spiro atoms. The van der Waals surface area contributed by atoms with Crippen molar-refractivity contribution in [3.05, 3.63) is 36.4 Å². The molecule has 2 aromatic heterocycles. The summed E-state index contributed by atoms with van der Waals surface area (Å²) in [6.45, 7) is 7.05. The summed E-state index contributed by atoms with van der Waals surface area (Å²) < 4.78 is 21.6. The molecular formula is C19H25FN6O2. The molecule has 0 aromatic carbocycles. The van der Waals surface area contributed by atoms with E-state index in [1.165, 1.54) is 12.4 Å². The molecule has 1 atom stereocenters. The van der Waals surface area contributed by atoms with Crippen molar-refractivity contribution in [1.82, 2.24) is 24.4 Å². The molecule has 4 rings (SSSR count). The molecule has 2 aromatic rings. The van der Waals surface area contributed by atoms with Crippen LogP contribution in [0.3, 0.4) is 0 Å². The maximum atomic E-state index is 13.1. The average Bonchev–Trinajstić information content (AvgIpc) is 3.20. The molecule has 0 saturated carbocycles. The van der Waals surface area contributed by atoms with Gasteiger partial charge in [-0.15, -0.1) is 0 Å². The van der Waals surface area contributed by atoms with Gasteiger partial charge in [-0.05, 0) is 13.8 Å². The molecule has 0 bridgehead atoms. The SMILES string of the molecule is CCN(CC)C(=O)[C@H]1Cn2ccnc2C2(CCN(c3ncc(F)cn3)CC2)O1. The fourth-order valence-corrected chi connectivity index (χ4v) is 4.14. The Morgan fingerprint density at radius 3 is 2.57 bits per heavy atom. The quantitative estimate of drug-likeness (QED) is 0.792. The van der Waals surface area contributed by atoms with Crippen molar-refractivity contribution in [2.24, 2.45) is 0 Å². The number of halogens is 1. The second-order valence-corrected chi connectivity index (χ2v) is 7.20. The summed E-state index contributed by atoms with van der Waals surface area (Å²) in [4.78, 5) is 29.4. The van der Waals surface area contributed by atoms with Crippen molar-refractivity contribution in [3.8, 4) is 0 Å². The monoisotopic (exact) mass is 388 g/mol. The lowest BCUT2D eigenvalue weighted by Crippen LogP contribution is -2.54. The number of ether oxygens (including phenoxy) is 1. The molecule has 0 N–H and O–H groups in total. The molecule has 8 nitrogen and oxygen atoms in total. The first kappa shape index (κ1) is 18.8. The number of fused-ring (bicyclic) bond motifs is 2. The van der Waals surface area contributed by atoms with Crippen molar-refractivity contribution in [2.45, 2.75) is 44.9 Å². The summed E-state index contributed by atoms with van der Waals surface area (Å²) in [7, 11) is 0. The number of rotatable bonds is 4. The van der Waals surface area contributed by atoms with E-state index in [1.54, 1.807) is 6.20 Å². The van der Waals surface area contributed by atoms with Crippen LogP contribution >= 0.6 is 0 Å². The first-order valence-corrected chi connectivity index (χ1v) is 9.77. The average molecular weight is 388 g/mol. The Morgan fingerprint density at radius 1 is 1.25 bits per heavy atom. The van der Waals surface area contributed by atoms with Gasteiger partial charge in [0, 0.05) is 51.4 Å². The van der Waals surface area contributed by atoms with Gasteiger partial charge in [-0.1, -0.05) is 0 Å². The highest BCUT2D eigenvalue weighted by Gasteiger charge is 2.47. The van der Waals surface area contributed by atoms with Crippen molar-refractivity contribution >= 4 is 11.9 Å². The van der Waals surface area contributed by atoms with Gasteiger partial charge in [0.05, 0.1) is 18.9 Å². The number of anilines is 1. The number of likely N-dealkylation sites (N-methyl/N-ethyl adjacent to an activating group) is 1. The standard InChI is InChI=1S/C19H25FN6O2/c1-3-24(4-2)16(27)15-13-26-10-7-21-17(26)19(28-15)5-8-25(9-6-19)18-22-11-14(20)12-23-18/h7,10-12,15H,3-6,8-9,13H2,1-2H3/t15-/m1/s1. The maximum absolute atomic E-state index is 13.1. The van der Waals surface area contributed by atoms with Crippen molar-refractivity contribution < 1.29 is 13.9 Å². The predicted octanol–water partition coefficient (Wildman–Crippen LogP) is 1.58. The molecular weight excluding hydrogens is 363 g/mol. The summed E-state index contributed by atoms with van der Waals surface area (Å²) in [5.41, 5.74) is -0.605. The van der Waals surface area contributed by atoms with Gasteiger partial charge in [0.1, 0.15) is 11.4 Å². The number of hydrogen-bond acceptors (Lipinski definition) is 6. The minimum atomic E-state index is -0.605. The van der Waals surface area contributed by atoms with Gasteiger partial charge >= 0.3 is 0 Å². The van der Waals surface area contributed by atoms with Gasteiger partial charge in [0.2, 0.25) is 5.95 Å². The largest absolute Gasteiger partial charge is 0.352 e. The van der Waals surface area contributed by atoms with E-state index in [1.807, 2.05) is 34.4 Å². The molecule has 28 heavy (non-hydrogen) atoms. The van der Waals surface area contributed by atoms with Crippen molar-refractivity contribution in [1.29, 1.82) is 0 Å². The normalized spacial score (nSPS) is 20.8. The van der Waals surface area contributed by atoms with E-state index >= 15 is 0 Å². The summed E-state index contributed by atoms with van der Waals surface area (Å²) in [6, 6.07) is 0. The van der Waals surface area contributed by atoms with Crippen LogP contribution in [0.5, 0.6) is 0 Å². The lowest BCUT2D eigenvalue weighted by atomic mass is 9.88. The fraction of sp³-hybridized carbons (Fsp3) is 0.579. The first-order valence-electron chi connectivity index (χ1n) is 9.77. The number of amides is 1. The lowest BCUT2D eigenvalue weighted by Gasteiger charge is -2.46. The van der Waals surface area contributed by atoms with Crippen LogP contribution in [-0.2, 0) is 21.7 Å². The highest BCUT2D eigenvalue weighted by atomic mass is 19.1. The van der Waals surface area contributed by atoms with Crippen LogP contribution in [0.2, 0.25) is 0 Å². The predicted molar refractivity (Wildman–Crippen MR) is 100 cm³/mol. The number of aromatic nitrogens is 4. The zero-order valence-corrected chi connectivity index (χ0v) is 16.2. The molecule has 4 heterocycles. The molecule has 2 aliphatic heterocycles. The van der Waals surface area contributed by atoms with Crippen LogP contribution in [0.15, 0.2) is 24.8 Å². The Kier molecular flexibility index (Phi) is 5.01. The Hall–Kier alpha value is -2.55. The van der Waals surface area contributed by atoms with E-state index < -0.39 is 17.5 Å². The third-order valence-corrected chi connectivity index (χ3v) is 5.66. The Balaban J connectivity index is 1.55. The highest BCUT2D eigenvalue weighted by Crippen LogP contribution is 2.40. The number of nitrogens with zero attached hydrogens (tertiary/aromatic N) is 6. The Bertz CT molecular complexity index is 827. The summed E-state index contributed by atoms with van der Waals surface area (Å²) in [6.07, 6.45) is 6.83. The molecule has 1 saturated heterocycles. The van der Waals surface area contributed by atoms with E-state index in [-0.39, 0.29) is 5.91 Å². The van der Waals surface area contributed by atoms with E-state index in [9.17, 15) is 9.18 Å². The highest BCUT2D eigenvalue weighted by molar-refractivity contribution is 5.81. The molecule has 1 fully saturated rings. The molecule has 150 valence electrons. The van der Waals surface area contributed by atoms with Crippen LogP contribution in [0, 0.1) is 5.82 Å². The second kappa shape index (κ2) is 7.46. The smallest absolute Gasteiger partial charge is 0.253 e. The minimum Gasteiger partial charge on any atom is -0.352 e. The zero-order chi connectivity index (χ0) is 19.7. The number of carbonyl (C=O) groups excluding carboxylic acids is 1. The van der Waals surface area contributed by atoms with Crippen LogP contribution in [-0.4, -0.2) is 62.6 Å². The molecule has 9 heteroatoms. The number of carbonyl (C=O) groups is 1. The number of imidazole rings is 1. The van der Waals surface area contributed by atoms with Gasteiger partial charge < -0.3 is 19.1 Å². The summed E-state index contributed by atoms with van der Waals surface area (Å²) >= 11 is 0. The van der Waals surface area contributed by atoms with E-state index in [0.29, 0.717) is 51.5 Å². The minimum absolute atomic E-state index is 0.0213. The van der Waals surface area contributed by atoms with Gasteiger partial charge in [-0.2, -0.15) is 0 Å². The summed E-state index contributed by atoms with van der Waals surface area (Å²) in [5, 5.41) is 0. The van der Waals surface area contributed by atoms with Gasteiger partial charge in [-0.25, -0.2) is 19.3 Å².